The molecule has 1 aliphatic heterocycles. The fourth-order valence-electron chi connectivity index (χ4n) is 2.91. The van der Waals surface area contributed by atoms with Gasteiger partial charge in [0.15, 0.2) is 0 Å². The second-order valence-electron chi connectivity index (χ2n) is 6.79. The summed E-state index contributed by atoms with van der Waals surface area (Å²) in [6.45, 7) is 4.88. The molecule has 0 aliphatic carbocycles. The van der Waals surface area contributed by atoms with E-state index in [0.717, 1.165) is 30.6 Å². The normalized spacial score (nSPS) is 16.9. The highest BCUT2D eigenvalue weighted by Gasteiger charge is 2.19. The fraction of sp³-hybridized carbons (Fsp3) is 0.350. The summed E-state index contributed by atoms with van der Waals surface area (Å²) in [6.07, 6.45) is 2.00. The van der Waals surface area contributed by atoms with Crippen molar-refractivity contribution in [3.63, 3.8) is 0 Å². The smallest absolute Gasteiger partial charge is 0.261 e. The molecule has 2 N–H and O–H groups in total. The van der Waals surface area contributed by atoms with Crippen LogP contribution in [0, 0.1) is 13.8 Å². The molecule has 0 aromatic heterocycles. The van der Waals surface area contributed by atoms with E-state index >= 15 is 0 Å². The van der Waals surface area contributed by atoms with Gasteiger partial charge in [-0.1, -0.05) is 23.8 Å². The van der Waals surface area contributed by atoms with Crippen LogP contribution in [0.15, 0.2) is 47.4 Å². The van der Waals surface area contributed by atoms with Gasteiger partial charge in [-0.3, -0.25) is 9.52 Å². The Hall–Kier alpha value is -2.38. The minimum absolute atomic E-state index is 0.0545. The Morgan fingerprint density at radius 2 is 1.89 bits per heavy atom. The van der Waals surface area contributed by atoms with Gasteiger partial charge < -0.3 is 10.1 Å². The van der Waals surface area contributed by atoms with Crippen molar-refractivity contribution in [1.29, 1.82) is 0 Å². The highest BCUT2D eigenvalue weighted by atomic mass is 32.2. The molecule has 1 aliphatic rings. The lowest BCUT2D eigenvalue weighted by Crippen LogP contribution is -2.31. The van der Waals surface area contributed by atoms with Crippen LogP contribution in [0.4, 0.5) is 5.69 Å². The summed E-state index contributed by atoms with van der Waals surface area (Å²) in [4.78, 5) is 12.6. The van der Waals surface area contributed by atoms with E-state index in [4.69, 9.17) is 4.74 Å². The highest BCUT2D eigenvalue weighted by molar-refractivity contribution is 7.92. The molecule has 0 spiro atoms. The lowest BCUT2D eigenvalue weighted by Gasteiger charge is -2.14. The van der Waals surface area contributed by atoms with Crippen molar-refractivity contribution in [2.24, 2.45) is 0 Å². The number of hydrogen-bond acceptors (Lipinski definition) is 4. The highest BCUT2D eigenvalue weighted by Crippen LogP contribution is 2.22. The first-order valence-corrected chi connectivity index (χ1v) is 10.4. The maximum absolute atomic E-state index is 12.6. The van der Waals surface area contributed by atoms with Crippen LogP contribution in [0.3, 0.4) is 0 Å². The molecular weight excluding hydrogens is 364 g/mol. The molecule has 2 aromatic rings. The zero-order valence-electron chi connectivity index (χ0n) is 15.5. The molecule has 1 atom stereocenters. The second kappa shape index (κ2) is 8.10. The van der Waals surface area contributed by atoms with Gasteiger partial charge in [0.05, 0.1) is 16.7 Å². The maximum atomic E-state index is 12.6. The number of hydrogen-bond donors (Lipinski definition) is 2. The molecule has 0 unspecified atom stereocenters. The third-order valence-electron chi connectivity index (χ3n) is 4.59. The van der Waals surface area contributed by atoms with E-state index in [0.29, 0.717) is 17.8 Å². The first kappa shape index (κ1) is 19.4. The monoisotopic (exact) mass is 388 g/mol. The predicted octanol–water partition coefficient (Wildman–Crippen LogP) is 3.01. The quantitative estimate of drug-likeness (QED) is 0.797. The minimum atomic E-state index is -3.72. The molecular formula is C20H24N2O4S. The maximum Gasteiger partial charge on any atom is 0.261 e. The Balaban J connectivity index is 1.74. The second-order valence-corrected chi connectivity index (χ2v) is 8.48. The summed E-state index contributed by atoms with van der Waals surface area (Å²) in [6, 6.07) is 11.6. The zero-order valence-corrected chi connectivity index (χ0v) is 16.3. The Morgan fingerprint density at radius 1 is 1.15 bits per heavy atom. The van der Waals surface area contributed by atoms with Gasteiger partial charge in [0.25, 0.3) is 15.9 Å². The molecule has 7 heteroatoms. The lowest BCUT2D eigenvalue weighted by molar-refractivity contribution is 0.0858. The lowest BCUT2D eigenvalue weighted by atomic mass is 10.1. The topological polar surface area (TPSA) is 84.5 Å². The van der Waals surface area contributed by atoms with Crippen molar-refractivity contribution < 1.29 is 17.9 Å². The third kappa shape index (κ3) is 4.87. The van der Waals surface area contributed by atoms with Crippen molar-refractivity contribution in [3.8, 4) is 0 Å². The molecule has 3 rings (SSSR count). The molecule has 1 saturated heterocycles. The van der Waals surface area contributed by atoms with Crippen molar-refractivity contribution in [3.05, 3.63) is 59.2 Å². The van der Waals surface area contributed by atoms with Crippen LogP contribution in [0.25, 0.3) is 0 Å². The number of carbonyl (C=O) groups excluding carboxylic acids is 1. The summed E-state index contributed by atoms with van der Waals surface area (Å²) < 4.78 is 33.3. The molecule has 1 fully saturated rings. The molecule has 0 bridgehead atoms. The van der Waals surface area contributed by atoms with E-state index in [2.05, 4.69) is 10.0 Å². The van der Waals surface area contributed by atoms with Crippen molar-refractivity contribution in [2.45, 2.75) is 37.7 Å². The number of carbonyl (C=O) groups is 1. The predicted molar refractivity (Wildman–Crippen MR) is 104 cm³/mol. The average Bonchev–Trinajstić information content (AvgIpc) is 3.15. The van der Waals surface area contributed by atoms with E-state index in [1.807, 2.05) is 6.92 Å². The van der Waals surface area contributed by atoms with Crippen LogP contribution in [0.1, 0.15) is 34.3 Å². The van der Waals surface area contributed by atoms with Gasteiger partial charge in [0, 0.05) is 18.7 Å². The molecule has 2 aromatic carbocycles. The first-order chi connectivity index (χ1) is 12.8. The molecule has 144 valence electrons. The Kier molecular flexibility index (Phi) is 5.82. The third-order valence-corrected chi connectivity index (χ3v) is 5.97. The number of nitrogens with one attached hydrogen (secondary N) is 2. The van der Waals surface area contributed by atoms with E-state index < -0.39 is 10.0 Å². The van der Waals surface area contributed by atoms with E-state index in [1.165, 1.54) is 0 Å². The van der Waals surface area contributed by atoms with Gasteiger partial charge in [-0.25, -0.2) is 8.42 Å². The molecule has 0 saturated carbocycles. The Morgan fingerprint density at radius 3 is 2.56 bits per heavy atom. The van der Waals surface area contributed by atoms with Gasteiger partial charge >= 0.3 is 0 Å². The standard InChI is InChI=1S/C20H24N2O4S/c1-14-5-9-18(10-6-14)27(24,25)22-19-12-16(8-7-15(19)2)20(23)21-13-17-4-3-11-26-17/h5-10,12,17,22H,3-4,11,13H2,1-2H3,(H,21,23)/t17-/m0/s1. The summed E-state index contributed by atoms with van der Waals surface area (Å²) in [5, 5.41) is 2.85. The molecule has 1 amide bonds. The molecule has 0 radical (unpaired) electrons. The Labute approximate surface area is 160 Å². The minimum Gasteiger partial charge on any atom is -0.376 e. The SMILES string of the molecule is Cc1ccc(S(=O)(=O)Nc2cc(C(=O)NC[C@@H]3CCCO3)ccc2C)cc1. The van der Waals surface area contributed by atoms with Gasteiger partial charge in [-0.2, -0.15) is 0 Å². The zero-order chi connectivity index (χ0) is 19.4. The Bertz CT molecular complexity index is 917. The van der Waals surface area contributed by atoms with Gasteiger partial charge in [-0.15, -0.1) is 0 Å². The molecule has 1 heterocycles. The average molecular weight is 388 g/mol. The van der Waals surface area contributed by atoms with Crippen molar-refractivity contribution >= 4 is 21.6 Å². The number of amides is 1. The molecule has 27 heavy (non-hydrogen) atoms. The van der Waals surface area contributed by atoms with Crippen molar-refractivity contribution in [2.75, 3.05) is 17.9 Å². The number of anilines is 1. The largest absolute Gasteiger partial charge is 0.376 e. The van der Waals surface area contributed by atoms with Crippen LogP contribution in [-0.4, -0.2) is 33.6 Å². The van der Waals surface area contributed by atoms with Crippen LogP contribution >= 0.6 is 0 Å². The van der Waals surface area contributed by atoms with Crippen LogP contribution < -0.4 is 10.0 Å². The van der Waals surface area contributed by atoms with E-state index in [1.54, 1.807) is 49.4 Å². The summed E-state index contributed by atoms with van der Waals surface area (Å²) >= 11 is 0. The van der Waals surface area contributed by atoms with Crippen LogP contribution in [0.2, 0.25) is 0 Å². The van der Waals surface area contributed by atoms with Crippen molar-refractivity contribution in [1.82, 2.24) is 5.32 Å². The first-order valence-electron chi connectivity index (χ1n) is 8.95. The van der Waals surface area contributed by atoms with Gasteiger partial charge in [0.1, 0.15) is 0 Å². The summed E-state index contributed by atoms with van der Waals surface area (Å²) in [7, 11) is -3.72. The van der Waals surface area contributed by atoms with E-state index in [9.17, 15) is 13.2 Å². The van der Waals surface area contributed by atoms with Crippen LogP contribution in [0.5, 0.6) is 0 Å². The number of ether oxygens (including phenoxy) is 1. The summed E-state index contributed by atoms with van der Waals surface area (Å²) in [5.41, 5.74) is 2.51. The van der Waals surface area contributed by atoms with Gasteiger partial charge in [-0.05, 0) is 56.5 Å². The number of benzene rings is 2. The number of rotatable bonds is 6. The number of aryl methyl sites for hydroxylation is 2. The van der Waals surface area contributed by atoms with E-state index in [-0.39, 0.29) is 16.9 Å². The van der Waals surface area contributed by atoms with Crippen LogP contribution in [-0.2, 0) is 14.8 Å². The summed E-state index contributed by atoms with van der Waals surface area (Å²) in [5.74, 6) is -0.249. The number of sulfonamides is 1. The van der Waals surface area contributed by atoms with Gasteiger partial charge in [0.2, 0.25) is 0 Å². The molecule has 6 nitrogen and oxygen atoms in total. The fourth-order valence-corrected chi connectivity index (χ4v) is 4.03.